The van der Waals surface area contributed by atoms with Gasteiger partial charge < -0.3 is 20.4 Å². The number of carbonyl (C=O) groups is 3. The van der Waals surface area contributed by atoms with Gasteiger partial charge in [0.1, 0.15) is 11.1 Å². The van der Waals surface area contributed by atoms with Crippen LogP contribution in [0.1, 0.15) is 43.0 Å². The fourth-order valence-electron chi connectivity index (χ4n) is 6.28. The molecule has 2 aromatic carbocycles. The zero-order valence-electron chi connectivity index (χ0n) is 24.4. The molecule has 1 unspecified atom stereocenters. The molecule has 0 spiro atoms. The van der Waals surface area contributed by atoms with Crippen LogP contribution < -0.4 is 25.8 Å². The maximum atomic E-state index is 12.5. The Morgan fingerprint density at radius 2 is 1.82 bits per heavy atom. The number of aryl methyl sites for hydroxylation is 1. The van der Waals surface area contributed by atoms with E-state index in [1.807, 2.05) is 37.3 Å². The number of rotatable bonds is 6. The minimum Gasteiger partial charge on any atom is -0.382 e. The van der Waals surface area contributed by atoms with Crippen LogP contribution in [0, 0.1) is 6.92 Å². The molecule has 44 heavy (non-hydrogen) atoms. The summed E-state index contributed by atoms with van der Waals surface area (Å²) in [5.41, 5.74) is 5.42. The molecule has 2 fully saturated rings. The average Bonchev–Trinajstić information content (AvgIpc) is 3.48. The highest BCUT2D eigenvalue weighted by molar-refractivity contribution is 6.32. The predicted octanol–water partition coefficient (Wildman–Crippen LogP) is 4.11. The molecule has 0 radical (unpaired) electrons. The monoisotopic (exact) mass is 613 g/mol. The summed E-state index contributed by atoms with van der Waals surface area (Å²) in [6, 6.07) is 11.7. The van der Waals surface area contributed by atoms with E-state index in [1.54, 1.807) is 22.8 Å². The molecule has 226 valence electrons. The Morgan fingerprint density at radius 3 is 2.61 bits per heavy atom. The number of halogens is 1. The lowest BCUT2D eigenvalue weighted by Crippen LogP contribution is -2.42. The molecule has 1 atom stereocenters. The first kappa shape index (κ1) is 28.1. The number of fused-ring (bicyclic) bond motifs is 2. The summed E-state index contributed by atoms with van der Waals surface area (Å²) >= 11 is 6.46. The van der Waals surface area contributed by atoms with Crippen molar-refractivity contribution in [2.45, 2.75) is 51.1 Å². The van der Waals surface area contributed by atoms with Crippen molar-refractivity contribution in [3.63, 3.8) is 0 Å². The number of benzene rings is 2. The summed E-state index contributed by atoms with van der Waals surface area (Å²) in [5, 5.41) is 15.4. The van der Waals surface area contributed by atoms with Gasteiger partial charge in [0.15, 0.2) is 5.82 Å². The van der Waals surface area contributed by atoms with Crippen LogP contribution in [0.3, 0.4) is 0 Å². The second kappa shape index (κ2) is 11.1. The number of anilines is 5. The normalized spacial score (nSPS) is 19.0. The maximum absolute atomic E-state index is 12.5. The van der Waals surface area contributed by atoms with Gasteiger partial charge in [-0.05, 0) is 68.1 Å². The van der Waals surface area contributed by atoms with Gasteiger partial charge in [-0.25, -0.2) is 4.98 Å². The van der Waals surface area contributed by atoms with Crippen molar-refractivity contribution in [1.82, 2.24) is 25.1 Å². The smallest absolute Gasteiger partial charge is 0.251 e. The molecule has 3 amide bonds. The third-order valence-corrected chi connectivity index (χ3v) is 8.97. The van der Waals surface area contributed by atoms with E-state index >= 15 is 0 Å². The molecular weight excluding hydrogens is 582 g/mol. The lowest BCUT2D eigenvalue weighted by atomic mass is 10.0. The third-order valence-electron chi connectivity index (χ3n) is 8.70. The van der Waals surface area contributed by atoms with Gasteiger partial charge in [0.2, 0.25) is 17.8 Å². The van der Waals surface area contributed by atoms with Crippen molar-refractivity contribution < 1.29 is 14.4 Å². The summed E-state index contributed by atoms with van der Waals surface area (Å²) in [6.45, 7) is 3.49. The first-order valence-electron chi connectivity index (χ1n) is 14.8. The van der Waals surface area contributed by atoms with Crippen molar-refractivity contribution >= 4 is 69.1 Å². The van der Waals surface area contributed by atoms with Gasteiger partial charge in [-0.3, -0.25) is 24.4 Å². The van der Waals surface area contributed by atoms with Crippen LogP contribution in [0.2, 0.25) is 5.02 Å². The number of hydrogen-bond acceptors (Lipinski definition) is 9. The Balaban J connectivity index is 0.999. The third kappa shape index (κ3) is 5.19. The molecule has 2 aromatic heterocycles. The average molecular weight is 614 g/mol. The fourth-order valence-corrected chi connectivity index (χ4v) is 6.42. The molecule has 0 saturated carbocycles. The van der Waals surface area contributed by atoms with E-state index in [0.29, 0.717) is 36.1 Å². The van der Waals surface area contributed by atoms with Gasteiger partial charge in [-0.2, -0.15) is 10.1 Å². The van der Waals surface area contributed by atoms with Crippen molar-refractivity contribution in [2.75, 3.05) is 40.6 Å². The van der Waals surface area contributed by atoms with Crippen LogP contribution >= 0.6 is 11.6 Å². The van der Waals surface area contributed by atoms with E-state index in [-0.39, 0.29) is 23.8 Å². The van der Waals surface area contributed by atoms with E-state index in [0.717, 1.165) is 65.2 Å². The number of piperidine rings is 2. The molecule has 3 aliphatic rings. The Bertz CT molecular complexity index is 1810. The van der Waals surface area contributed by atoms with E-state index < -0.39 is 6.04 Å². The number of imide groups is 1. The molecule has 4 aromatic rings. The summed E-state index contributed by atoms with van der Waals surface area (Å²) < 4.78 is 1.74. The Kier molecular flexibility index (Phi) is 7.08. The fraction of sp³-hybridized carbons (Fsp3) is 0.355. The van der Waals surface area contributed by atoms with Gasteiger partial charge in [0.25, 0.3) is 5.91 Å². The highest BCUT2D eigenvalue weighted by atomic mass is 35.5. The lowest BCUT2D eigenvalue weighted by Gasteiger charge is -2.33. The maximum Gasteiger partial charge on any atom is 0.251 e. The summed E-state index contributed by atoms with van der Waals surface area (Å²) in [6.07, 6.45) is 4.55. The largest absolute Gasteiger partial charge is 0.382 e. The summed E-state index contributed by atoms with van der Waals surface area (Å²) in [4.78, 5) is 49.2. The summed E-state index contributed by atoms with van der Waals surface area (Å²) in [7, 11) is 1.79. The minimum absolute atomic E-state index is 0.0777. The van der Waals surface area contributed by atoms with Crippen LogP contribution in [0.15, 0.2) is 42.6 Å². The highest BCUT2D eigenvalue weighted by Crippen LogP contribution is 2.33. The number of likely N-dealkylation sites (N-methyl/N-ethyl adjacent to an activating group) is 1. The van der Waals surface area contributed by atoms with Crippen LogP contribution in [-0.2, 0) is 20.8 Å². The van der Waals surface area contributed by atoms with E-state index in [4.69, 9.17) is 16.6 Å². The number of nitrogens with one attached hydrogen (secondary N) is 3. The first-order chi connectivity index (χ1) is 21.2. The predicted molar refractivity (Wildman–Crippen MR) is 169 cm³/mol. The molecule has 3 N–H and O–H groups in total. The van der Waals surface area contributed by atoms with Crippen LogP contribution in [-0.4, -0.2) is 63.6 Å². The van der Waals surface area contributed by atoms with E-state index in [9.17, 15) is 14.4 Å². The number of carbonyl (C=O) groups excluding carboxylic acids is 3. The zero-order valence-corrected chi connectivity index (χ0v) is 25.2. The van der Waals surface area contributed by atoms with Crippen LogP contribution in [0.25, 0.3) is 10.9 Å². The molecule has 7 rings (SSSR count). The standard InChI is InChI=1S/C31H32ClN9O3/c1-17-22-15-21(4-6-25(22)41(38-17)26-7-8-27(42)36-30(26)44)34-19-9-11-40(12-10-19)31-33-16-23(32)29(37-31)35-20-3-5-24-18(13-20)14-28(43)39(24)2/h3-6,13,15-16,19,26,34H,7-12,14H2,1-2H3,(H,33,35,37)(H,36,42,44). The summed E-state index contributed by atoms with van der Waals surface area (Å²) in [5.74, 6) is 0.676. The molecule has 5 heterocycles. The lowest BCUT2D eigenvalue weighted by molar-refractivity contribution is -0.135. The van der Waals surface area contributed by atoms with Gasteiger partial charge in [-0.15, -0.1) is 0 Å². The Labute approximate surface area is 258 Å². The van der Waals surface area contributed by atoms with Gasteiger partial charge in [-0.1, -0.05) is 11.6 Å². The van der Waals surface area contributed by atoms with Crippen molar-refractivity contribution in [3.8, 4) is 0 Å². The molecular formula is C31H32ClN9O3. The quantitative estimate of drug-likeness (QED) is 0.274. The number of aromatic nitrogens is 4. The van der Waals surface area contributed by atoms with Crippen LogP contribution in [0.4, 0.5) is 28.8 Å². The molecule has 3 aliphatic heterocycles. The molecule has 12 nitrogen and oxygen atoms in total. The van der Waals surface area contributed by atoms with Crippen molar-refractivity contribution in [1.29, 1.82) is 0 Å². The Hall–Kier alpha value is -4.71. The zero-order chi connectivity index (χ0) is 30.5. The SMILES string of the molecule is Cc1nn(C2CCC(=O)NC2=O)c2ccc(NC3CCN(c4ncc(Cl)c(Nc5ccc6c(c5)CC(=O)N6C)n4)CC3)cc12. The van der Waals surface area contributed by atoms with Crippen molar-refractivity contribution in [3.05, 3.63) is 58.9 Å². The number of amides is 3. The number of hydrogen-bond donors (Lipinski definition) is 3. The van der Waals surface area contributed by atoms with Crippen molar-refractivity contribution in [2.24, 2.45) is 0 Å². The molecule has 0 bridgehead atoms. The minimum atomic E-state index is -0.487. The molecule has 0 aliphatic carbocycles. The van der Waals surface area contributed by atoms with Gasteiger partial charge in [0, 0.05) is 55.0 Å². The first-order valence-corrected chi connectivity index (χ1v) is 15.1. The topological polar surface area (TPSA) is 137 Å². The Morgan fingerprint density at radius 1 is 1.02 bits per heavy atom. The second-order valence-electron chi connectivity index (χ2n) is 11.6. The van der Waals surface area contributed by atoms with E-state index in [2.05, 4.69) is 37.0 Å². The van der Waals surface area contributed by atoms with Gasteiger partial charge in [0.05, 0.1) is 23.8 Å². The number of nitrogens with zero attached hydrogens (tertiary/aromatic N) is 6. The highest BCUT2D eigenvalue weighted by Gasteiger charge is 2.30. The van der Waals surface area contributed by atoms with Crippen LogP contribution in [0.5, 0.6) is 0 Å². The molecule has 2 saturated heterocycles. The second-order valence-corrected chi connectivity index (χ2v) is 12.0. The van der Waals surface area contributed by atoms with E-state index in [1.165, 1.54) is 0 Å². The van der Waals surface area contributed by atoms with Gasteiger partial charge >= 0.3 is 0 Å². The molecule has 13 heteroatoms.